The number of rotatable bonds is 6. The summed E-state index contributed by atoms with van der Waals surface area (Å²) in [6.45, 7) is 10.5. The highest BCUT2D eigenvalue weighted by atomic mass is 32.2. The zero-order valence-electron chi connectivity index (χ0n) is 23.0. The van der Waals surface area contributed by atoms with Crippen molar-refractivity contribution in [2.24, 2.45) is 28.6 Å². The molecule has 38 heavy (non-hydrogen) atoms. The van der Waals surface area contributed by atoms with Crippen molar-refractivity contribution in [2.75, 3.05) is 5.75 Å². The summed E-state index contributed by atoms with van der Waals surface area (Å²) in [5, 5.41) is 11.8. The number of aryl methyl sites for hydroxylation is 2. The number of aliphatic hydroxyl groups excluding tert-OH is 1. The Hall–Kier alpha value is -1.32. The fraction of sp³-hybridized carbons (Fsp3) is 0.700. The zero-order valence-corrected chi connectivity index (χ0v) is 24.6. The van der Waals surface area contributed by atoms with Gasteiger partial charge >= 0.3 is 0 Å². The number of hydrogen-bond donors (Lipinski definition) is 1. The number of ether oxygens (including phenoxy) is 2. The molecule has 4 aliphatic carbocycles. The highest BCUT2D eigenvalue weighted by molar-refractivity contribution is 8.01. The number of nitrogens with zero attached hydrogens (tertiary/aromatic N) is 1. The van der Waals surface area contributed by atoms with Crippen molar-refractivity contribution in [3.8, 4) is 0 Å². The quantitative estimate of drug-likeness (QED) is 0.456. The summed E-state index contributed by atoms with van der Waals surface area (Å²) in [7, 11) is 0. The molecule has 0 spiro atoms. The Balaban J connectivity index is 1.34. The minimum Gasteiger partial charge on any atom is -0.393 e. The van der Waals surface area contributed by atoms with E-state index in [0.717, 1.165) is 47.7 Å². The van der Waals surface area contributed by atoms with Gasteiger partial charge in [0.1, 0.15) is 0 Å². The maximum absolute atomic E-state index is 14.3. The van der Waals surface area contributed by atoms with Crippen LogP contribution in [-0.4, -0.2) is 51.5 Å². The normalized spacial score (nSPS) is 43.3. The zero-order chi connectivity index (χ0) is 27.0. The van der Waals surface area contributed by atoms with Crippen LogP contribution in [0.2, 0.25) is 0 Å². The van der Waals surface area contributed by atoms with Crippen LogP contribution in [0, 0.1) is 42.4 Å². The maximum atomic E-state index is 14.3. The number of Topliss-reactive ketones (excluding diaryl/α,β-unsaturated/α-hetero) is 1. The van der Waals surface area contributed by atoms with Crippen LogP contribution in [-0.2, 0) is 19.1 Å². The number of aromatic nitrogens is 1. The lowest BCUT2D eigenvalue weighted by Crippen LogP contribution is -2.63. The molecular weight excluding hydrogens is 518 g/mol. The van der Waals surface area contributed by atoms with Gasteiger partial charge in [0.2, 0.25) is 0 Å². The predicted molar refractivity (Wildman–Crippen MR) is 148 cm³/mol. The largest absolute Gasteiger partial charge is 0.393 e. The van der Waals surface area contributed by atoms with Crippen molar-refractivity contribution in [3.05, 3.63) is 34.4 Å². The molecule has 206 valence electrons. The van der Waals surface area contributed by atoms with Gasteiger partial charge in [0.15, 0.2) is 27.8 Å². The van der Waals surface area contributed by atoms with Crippen LogP contribution in [0.15, 0.2) is 28.1 Å². The Morgan fingerprint density at radius 2 is 2.11 bits per heavy atom. The number of allylic oxidation sites excluding steroid dienone is 4. The van der Waals surface area contributed by atoms with E-state index in [2.05, 4.69) is 32.7 Å². The van der Waals surface area contributed by atoms with Crippen LogP contribution >= 0.6 is 23.1 Å². The number of carbonyl (C=O) groups excluding carboxylic acids is 2. The van der Waals surface area contributed by atoms with E-state index >= 15 is 0 Å². The minimum atomic E-state index is -1.06. The Morgan fingerprint density at radius 1 is 1.32 bits per heavy atom. The van der Waals surface area contributed by atoms with Crippen LogP contribution in [0.1, 0.15) is 69.9 Å². The lowest BCUT2D eigenvalue weighted by molar-refractivity contribution is -0.197. The van der Waals surface area contributed by atoms with E-state index in [0.29, 0.717) is 6.42 Å². The van der Waals surface area contributed by atoms with Gasteiger partial charge in [-0.15, -0.1) is 11.3 Å². The highest BCUT2D eigenvalue weighted by Crippen LogP contribution is 2.69. The van der Waals surface area contributed by atoms with Gasteiger partial charge in [-0.3, -0.25) is 9.59 Å². The van der Waals surface area contributed by atoms with Crippen LogP contribution in [0.3, 0.4) is 0 Å². The molecule has 5 unspecified atom stereocenters. The monoisotopic (exact) mass is 557 g/mol. The van der Waals surface area contributed by atoms with Crippen molar-refractivity contribution in [1.82, 2.24) is 4.98 Å². The lowest BCUT2D eigenvalue weighted by Gasteiger charge is -2.59. The molecule has 2 heterocycles. The van der Waals surface area contributed by atoms with E-state index in [1.807, 2.05) is 13.0 Å². The van der Waals surface area contributed by atoms with Crippen molar-refractivity contribution in [1.29, 1.82) is 0 Å². The first-order chi connectivity index (χ1) is 18.0. The summed E-state index contributed by atoms with van der Waals surface area (Å²) in [6.07, 6.45) is 8.89. The predicted octanol–water partition coefficient (Wildman–Crippen LogP) is 5.59. The first-order valence-electron chi connectivity index (χ1n) is 14.1. The molecule has 1 saturated heterocycles. The number of carbonyl (C=O) groups is 2. The summed E-state index contributed by atoms with van der Waals surface area (Å²) in [4.78, 5) is 32.3. The molecule has 0 amide bonds. The first kappa shape index (κ1) is 26.9. The first-order valence-corrected chi connectivity index (χ1v) is 15.9. The molecule has 9 atom stereocenters. The topological polar surface area (TPSA) is 85.7 Å². The average molecular weight is 558 g/mol. The molecule has 0 bridgehead atoms. The van der Waals surface area contributed by atoms with Gasteiger partial charge in [-0.25, -0.2) is 4.98 Å². The van der Waals surface area contributed by atoms with Gasteiger partial charge in [-0.05, 0) is 69.9 Å². The summed E-state index contributed by atoms with van der Waals surface area (Å²) < 4.78 is 14.2. The maximum Gasteiger partial charge on any atom is 0.178 e. The second-order valence-electron chi connectivity index (χ2n) is 12.5. The van der Waals surface area contributed by atoms with Crippen LogP contribution in [0.5, 0.6) is 0 Å². The van der Waals surface area contributed by atoms with Crippen LogP contribution < -0.4 is 0 Å². The van der Waals surface area contributed by atoms with Crippen molar-refractivity contribution in [2.45, 2.75) is 102 Å². The molecule has 6 rings (SSSR count). The second-order valence-corrected chi connectivity index (χ2v) is 14.9. The van der Waals surface area contributed by atoms with Gasteiger partial charge in [-0.1, -0.05) is 50.6 Å². The van der Waals surface area contributed by atoms with Crippen molar-refractivity contribution >= 4 is 34.7 Å². The summed E-state index contributed by atoms with van der Waals surface area (Å²) >= 11 is 3.13. The molecule has 8 heteroatoms. The van der Waals surface area contributed by atoms with E-state index < -0.39 is 17.1 Å². The third-order valence-electron chi connectivity index (χ3n) is 10.6. The molecule has 6 nitrogen and oxygen atoms in total. The summed E-state index contributed by atoms with van der Waals surface area (Å²) in [5.41, 5.74) is 0.219. The molecule has 0 aromatic carbocycles. The van der Waals surface area contributed by atoms with Crippen molar-refractivity contribution in [3.63, 3.8) is 0 Å². The van der Waals surface area contributed by atoms with Crippen molar-refractivity contribution < 1.29 is 24.2 Å². The number of thioether (sulfide) groups is 1. The lowest BCUT2D eigenvalue weighted by atomic mass is 9.46. The van der Waals surface area contributed by atoms with Gasteiger partial charge in [0.05, 0.1) is 23.7 Å². The molecule has 1 aliphatic heterocycles. The second kappa shape index (κ2) is 9.37. The van der Waals surface area contributed by atoms with Gasteiger partial charge in [-0.2, -0.15) is 0 Å². The van der Waals surface area contributed by atoms with Gasteiger partial charge in [0, 0.05) is 21.6 Å². The van der Waals surface area contributed by atoms with E-state index in [-0.39, 0.29) is 52.9 Å². The van der Waals surface area contributed by atoms with Crippen LogP contribution in [0.25, 0.3) is 0 Å². The van der Waals surface area contributed by atoms with E-state index in [1.54, 1.807) is 23.5 Å². The number of ketones is 2. The Bertz CT molecular complexity index is 1200. The number of hydrogen-bond acceptors (Lipinski definition) is 8. The van der Waals surface area contributed by atoms with Gasteiger partial charge < -0.3 is 14.6 Å². The minimum absolute atomic E-state index is 0.0120. The Kier molecular flexibility index (Phi) is 6.63. The third-order valence-corrected chi connectivity index (χ3v) is 12.8. The SMILES string of the molecule is CCC[C@H]1O[C@@H]2CC3C4CCC5=CC(=O)C=CC5(C)C4[C@@H](O)CC3(C)[C@]2(C(=O)CSc2nc(C)c(C)s2)O1. The fourth-order valence-corrected chi connectivity index (χ4v) is 10.8. The highest BCUT2D eigenvalue weighted by Gasteiger charge is 2.75. The van der Waals surface area contributed by atoms with E-state index in [9.17, 15) is 14.7 Å². The standard InChI is InChI=1S/C30H39NO5S2/c1-6-7-25-35-24-13-21-20-9-8-18-12-19(32)10-11-28(18,4)26(20)22(33)14-29(21,5)30(24,36-25)23(34)15-37-27-31-16(2)17(3)38-27/h10-12,20-22,24-26,33H,6-9,13-15H2,1-5H3/t20?,21?,22-,24+,25-,26?,28?,29?,30+/m0/s1. The molecule has 1 N–H and O–H groups in total. The number of fused-ring (bicyclic) bond motifs is 7. The molecule has 1 aromatic heterocycles. The Morgan fingerprint density at radius 3 is 2.82 bits per heavy atom. The molecular formula is C30H39NO5S2. The van der Waals surface area contributed by atoms with E-state index in [4.69, 9.17) is 9.47 Å². The summed E-state index contributed by atoms with van der Waals surface area (Å²) in [6, 6.07) is 0. The fourth-order valence-electron chi connectivity index (χ4n) is 8.74. The average Bonchev–Trinajstić information content (AvgIpc) is 3.47. The molecule has 1 aromatic rings. The smallest absolute Gasteiger partial charge is 0.178 e. The molecule has 3 saturated carbocycles. The van der Waals surface area contributed by atoms with Gasteiger partial charge in [0.25, 0.3) is 0 Å². The molecule has 0 radical (unpaired) electrons. The Labute approximate surface area is 233 Å². The number of thiazole rings is 1. The van der Waals surface area contributed by atoms with Crippen LogP contribution in [0.4, 0.5) is 0 Å². The van der Waals surface area contributed by atoms with E-state index in [1.165, 1.54) is 16.6 Å². The molecule has 5 aliphatic rings. The number of aliphatic hydroxyl groups is 1. The summed E-state index contributed by atoms with van der Waals surface area (Å²) in [5.74, 6) is 0.834. The molecule has 4 fully saturated rings. The third kappa shape index (κ3) is 3.73.